The average Bonchev–Trinajstić information content (AvgIpc) is 2.79. The van der Waals surface area contributed by atoms with Gasteiger partial charge in [0.15, 0.2) is 18.1 Å². The number of hydrazone groups is 1. The number of hydrogen-bond donors (Lipinski definition) is 1. The molecule has 0 aliphatic rings. The summed E-state index contributed by atoms with van der Waals surface area (Å²) < 4.78 is 17.7. The second kappa shape index (κ2) is 11.3. The third-order valence-electron chi connectivity index (χ3n) is 4.67. The van der Waals surface area contributed by atoms with Gasteiger partial charge >= 0.3 is 0 Å². The predicted octanol–water partition coefficient (Wildman–Crippen LogP) is 5.18. The number of methoxy groups -OCH3 is 1. The molecule has 0 saturated heterocycles. The van der Waals surface area contributed by atoms with Gasteiger partial charge in [0.25, 0.3) is 5.91 Å². The average molecular weight is 497 g/mol. The first-order chi connectivity index (χ1) is 15.5. The van der Waals surface area contributed by atoms with Crippen LogP contribution in [0, 0.1) is 13.8 Å². The Hall–Kier alpha value is -3.32. The smallest absolute Gasteiger partial charge is 0.277 e. The Labute approximate surface area is 196 Å². The molecule has 166 valence electrons. The van der Waals surface area contributed by atoms with Crippen LogP contribution in [0.2, 0.25) is 0 Å². The molecule has 0 saturated carbocycles. The van der Waals surface area contributed by atoms with E-state index in [0.29, 0.717) is 23.9 Å². The first-order valence-electron chi connectivity index (χ1n) is 10.0. The summed E-state index contributed by atoms with van der Waals surface area (Å²) in [7, 11) is 1.58. The van der Waals surface area contributed by atoms with Crippen molar-refractivity contribution in [3.05, 3.63) is 87.4 Å². The second-order valence-electron chi connectivity index (χ2n) is 7.10. The summed E-state index contributed by atoms with van der Waals surface area (Å²) in [4.78, 5) is 12.1. The van der Waals surface area contributed by atoms with Gasteiger partial charge in [-0.2, -0.15) is 5.10 Å². The molecular weight excluding hydrogens is 472 g/mol. The van der Waals surface area contributed by atoms with Gasteiger partial charge in [-0.3, -0.25) is 4.79 Å². The molecule has 32 heavy (non-hydrogen) atoms. The van der Waals surface area contributed by atoms with Crippen LogP contribution in [0.3, 0.4) is 0 Å². The van der Waals surface area contributed by atoms with E-state index in [0.717, 1.165) is 26.7 Å². The second-order valence-corrected chi connectivity index (χ2v) is 7.96. The minimum absolute atomic E-state index is 0.125. The van der Waals surface area contributed by atoms with Crippen molar-refractivity contribution in [2.45, 2.75) is 20.5 Å². The van der Waals surface area contributed by atoms with E-state index in [4.69, 9.17) is 14.2 Å². The van der Waals surface area contributed by atoms with Gasteiger partial charge in [0.1, 0.15) is 12.4 Å². The molecule has 0 radical (unpaired) electrons. The predicted molar refractivity (Wildman–Crippen MR) is 129 cm³/mol. The van der Waals surface area contributed by atoms with Crippen molar-refractivity contribution in [1.82, 2.24) is 5.43 Å². The molecule has 1 amide bonds. The molecule has 3 aromatic rings. The molecule has 0 unspecified atom stereocenters. The molecule has 0 aromatic heterocycles. The van der Waals surface area contributed by atoms with Gasteiger partial charge in [-0.15, -0.1) is 0 Å². The van der Waals surface area contributed by atoms with Crippen LogP contribution in [0.1, 0.15) is 22.3 Å². The van der Waals surface area contributed by atoms with Crippen molar-refractivity contribution >= 4 is 28.1 Å². The molecule has 0 spiro atoms. The van der Waals surface area contributed by atoms with E-state index in [-0.39, 0.29) is 12.5 Å². The molecule has 0 fully saturated rings. The van der Waals surface area contributed by atoms with Crippen molar-refractivity contribution in [3.8, 4) is 17.2 Å². The molecule has 3 aromatic carbocycles. The van der Waals surface area contributed by atoms with Crippen molar-refractivity contribution in [2.75, 3.05) is 13.7 Å². The maximum Gasteiger partial charge on any atom is 0.277 e. The number of aryl methyl sites for hydroxylation is 2. The fraction of sp³-hybridized carbons (Fsp3) is 0.200. The van der Waals surface area contributed by atoms with Crippen LogP contribution in [0.15, 0.2) is 70.2 Å². The molecule has 0 atom stereocenters. The Morgan fingerprint density at radius 3 is 2.41 bits per heavy atom. The third kappa shape index (κ3) is 6.34. The summed E-state index contributed by atoms with van der Waals surface area (Å²) in [6.07, 6.45) is 1.53. The molecule has 0 aliphatic carbocycles. The van der Waals surface area contributed by atoms with Crippen molar-refractivity contribution in [3.63, 3.8) is 0 Å². The minimum Gasteiger partial charge on any atom is -0.493 e. The van der Waals surface area contributed by atoms with Crippen LogP contribution in [-0.4, -0.2) is 25.8 Å². The maximum absolute atomic E-state index is 12.1. The number of nitrogens with one attached hydrogen (secondary N) is 1. The molecule has 0 heterocycles. The lowest BCUT2D eigenvalue weighted by atomic mass is 10.1. The van der Waals surface area contributed by atoms with E-state index in [2.05, 4.69) is 26.5 Å². The lowest BCUT2D eigenvalue weighted by Crippen LogP contribution is -2.25. The number of carbonyl (C=O) groups excluding carboxylic acids is 1. The van der Waals surface area contributed by atoms with Crippen LogP contribution in [0.4, 0.5) is 0 Å². The molecule has 3 rings (SSSR count). The van der Waals surface area contributed by atoms with Crippen LogP contribution in [0.5, 0.6) is 17.2 Å². The number of ether oxygens (including phenoxy) is 3. The fourth-order valence-corrected chi connectivity index (χ4v) is 3.45. The molecule has 0 bridgehead atoms. The highest BCUT2D eigenvalue weighted by Crippen LogP contribution is 2.33. The van der Waals surface area contributed by atoms with E-state index < -0.39 is 0 Å². The summed E-state index contributed by atoms with van der Waals surface area (Å²) in [6, 6.07) is 19.3. The van der Waals surface area contributed by atoms with E-state index >= 15 is 0 Å². The number of nitrogens with zero attached hydrogens (tertiary/aromatic N) is 1. The van der Waals surface area contributed by atoms with Gasteiger partial charge in [-0.05, 0) is 58.6 Å². The van der Waals surface area contributed by atoms with Crippen molar-refractivity contribution in [2.24, 2.45) is 5.10 Å². The van der Waals surface area contributed by atoms with Gasteiger partial charge in [0.2, 0.25) is 0 Å². The molecular formula is C25H25BrN2O4. The van der Waals surface area contributed by atoms with Crippen molar-refractivity contribution in [1.29, 1.82) is 0 Å². The summed E-state index contributed by atoms with van der Waals surface area (Å²) in [5, 5.41) is 4.03. The Morgan fingerprint density at radius 2 is 1.72 bits per heavy atom. The van der Waals surface area contributed by atoms with Gasteiger partial charge < -0.3 is 14.2 Å². The zero-order valence-electron chi connectivity index (χ0n) is 18.2. The highest BCUT2D eigenvalue weighted by molar-refractivity contribution is 9.10. The maximum atomic E-state index is 12.1. The standard InChI is InChI=1S/C25H25BrN2O4/c1-17-8-7-9-18(2)25(17)32-16-24(29)28-27-14-20-12-22(30-3)23(13-21(20)26)31-15-19-10-5-4-6-11-19/h4-14H,15-16H2,1-3H3,(H,28,29)/b27-14-. The van der Waals surface area contributed by atoms with E-state index in [9.17, 15) is 4.79 Å². The molecule has 6 nitrogen and oxygen atoms in total. The van der Waals surface area contributed by atoms with E-state index in [1.807, 2.05) is 68.4 Å². The topological polar surface area (TPSA) is 69.2 Å². The number of carbonyl (C=O) groups is 1. The quantitative estimate of drug-likeness (QED) is 0.327. The summed E-state index contributed by atoms with van der Waals surface area (Å²) >= 11 is 3.52. The molecule has 1 N–H and O–H groups in total. The normalized spacial score (nSPS) is 10.8. The number of rotatable bonds is 9. The lowest BCUT2D eigenvalue weighted by molar-refractivity contribution is -0.123. The van der Waals surface area contributed by atoms with E-state index in [1.54, 1.807) is 13.2 Å². The van der Waals surface area contributed by atoms with Gasteiger partial charge in [-0.1, -0.05) is 48.5 Å². The lowest BCUT2D eigenvalue weighted by Gasteiger charge is -2.13. The fourth-order valence-electron chi connectivity index (χ4n) is 3.03. The zero-order valence-corrected chi connectivity index (χ0v) is 19.8. The minimum atomic E-state index is -0.352. The largest absolute Gasteiger partial charge is 0.493 e. The number of para-hydroxylation sites is 1. The van der Waals surface area contributed by atoms with Gasteiger partial charge in [-0.25, -0.2) is 5.43 Å². The first kappa shape index (κ1) is 23.3. The summed E-state index contributed by atoms with van der Waals surface area (Å²) in [5.41, 5.74) is 6.22. The summed E-state index contributed by atoms with van der Waals surface area (Å²) in [6.45, 7) is 4.18. The van der Waals surface area contributed by atoms with Crippen molar-refractivity contribution < 1.29 is 19.0 Å². The van der Waals surface area contributed by atoms with Crippen LogP contribution >= 0.6 is 15.9 Å². The monoisotopic (exact) mass is 496 g/mol. The van der Waals surface area contributed by atoms with Crippen LogP contribution in [-0.2, 0) is 11.4 Å². The van der Waals surface area contributed by atoms with E-state index in [1.165, 1.54) is 6.21 Å². The highest BCUT2D eigenvalue weighted by atomic mass is 79.9. The summed E-state index contributed by atoms with van der Waals surface area (Å²) in [5.74, 6) is 1.53. The Kier molecular flexibility index (Phi) is 8.27. The third-order valence-corrected chi connectivity index (χ3v) is 5.36. The zero-order chi connectivity index (χ0) is 22.9. The number of amides is 1. The molecule has 7 heteroatoms. The van der Waals surface area contributed by atoms with Gasteiger partial charge in [0.05, 0.1) is 13.3 Å². The van der Waals surface area contributed by atoms with Crippen LogP contribution in [0.25, 0.3) is 0 Å². The van der Waals surface area contributed by atoms with Gasteiger partial charge in [0, 0.05) is 10.0 Å². The number of halogens is 1. The Bertz CT molecular complexity index is 1080. The Morgan fingerprint density at radius 1 is 1.00 bits per heavy atom. The Balaban J connectivity index is 1.59. The first-order valence-corrected chi connectivity index (χ1v) is 10.8. The number of benzene rings is 3. The molecule has 0 aliphatic heterocycles. The van der Waals surface area contributed by atoms with Crippen LogP contribution < -0.4 is 19.6 Å². The number of hydrogen-bond acceptors (Lipinski definition) is 5. The highest BCUT2D eigenvalue weighted by Gasteiger charge is 2.10. The SMILES string of the molecule is COc1cc(/C=N\NC(=O)COc2c(C)cccc2C)c(Br)cc1OCc1ccccc1.